The molecule has 106 valence electrons. The molecule has 2 rings (SSSR count). The van der Waals surface area contributed by atoms with Crippen molar-refractivity contribution in [2.24, 2.45) is 5.73 Å². The number of likely N-dealkylation sites (tertiary alicyclic amines) is 1. The van der Waals surface area contributed by atoms with E-state index in [1.165, 1.54) is 25.7 Å². The number of likely N-dealkylation sites (N-methyl/N-ethyl adjacent to an activating group) is 1. The average molecular weight is 255 g/mol. The van der Waals surface area contributed by atoms with Crippen LogP contribution in [0, 0.1) is 0 Å². The summed E-state index contributed by atoms with van der Waals surface area (Å²) < 4.78 is 0. The maximum absolute atomic E-state index is 9.97. The molecular weight excluding hydrogens is 226 g/mol. The van der Waals surface area contributed by atoms with Crippen LogP contribution in [-0.4, -0.2) is 66.3 Å². The fourth-order valence-electron chi connectivity index (χ4n) is 3.65. The van der Waals surface area contributed by atoms with Crippen LogP contribution in [0.3, 0.4) is 0 Å². The topological polar surface area (TPSA) is 52.7 Å². The van der Waals surface area contributed by atoms with Crippen LogP contribution in [0.4, 0.5) is 0 Å². The van der Waals surface area contributed by atoms with E-state index < -0.39 is 0 Å². The number of aliphatic hydroxyl groups excluding tert-OH is 1. The molecule has 1 aliphatic heterocycles. The quantitative estimate of drug-likeness (QED) is 0.727. The molecule has 0 radical (unpaired) electrons. The third-order valence-corrected chi connectivity index (χ3v) is 4.47. The molecule has 4 heteroatoms. The Hall–Kier alpha value is -0.160. The molecule has 0 amide bonds. The smallest absolute Gasteiger partial charge is 0.0682 e. The molecular formula is C14H29N3O. The molecule has 18 heavy (non-hydrogen) atoms. The first-order chi connectivity index (χ1) is 8.58. The Kier molecular flexibility index (Phi) is 5.01. The molecule has 1 aliphatic carbocycles. The van der Waals surface area contributed by atoms with Gasteiger partial charge in [-0.05, 0) is 33.4 Å². The van der Waals surface area contributed by atoms with Gasteiger partial charge in [-0.3, -0.25) is 4.90 Å². The first kappa shape index (κ1) is 14.3. The highest BCUT2D eigenvalue weighted by Crippen LogP contribution is 2.28. The maximum Gasteiger partial charge on any atom is 0.0682 e. The Morgan fingerprint density at radius 1 is 1.22 bits per heavy atom. The SMILES string of the molecule is CN(C)CC1CC(O)CN1C1CCCCCC1N. The van der Waals surface area contributed by atoms with Gasteiger partial charge in [0.2, 0.25) is 0 Å². The zero-order chi connectivity index (χ0) is 13.1. The van der Waals surface area contributed by atoms with Crippen molar-refractivity contribution in [3.8, 4) is 0 Å². The van der Waals surface area contributed by atoms with Crippen LogP contribution in [0.5, 0.6) is 0 Å². The summed E-state index contributed by atoms with van der Waals surface area (Å²) in [5.41, 5.74) is 6.36. The molecule has 1 saturated heterocycles. The molecule has 0 aromatic carbocycles. The summed E-state index contributed by atoms with van der Waals surface area (Å²) in [6.45, 7) is 1.84. The lowest BCUT2D eigenvalue weighted by Gasteiger charge is -2.36. The van der Waals surface area contributed by atoms with Crippen molar-refractivity contribution in [3.63, 3.8) is 0 Å². The molecule has 2 fully saturated rings. The van der Waals surface area contributed by atoms with Crippen LogP contribution < -0.4 is 5.73 Å². The Labute approximate surface area is 111 Å². The number of hydrogen-bond acceptors (Lipinski definition) is 4. The molecule has 3 N–H and O–H groups in total. The van der Waals surface area contributed by atoms with Gasteiger partial charge in [-0.2, -0.15) is 0 Å². The van der Waals surface area contributed by atoms with Gasteiger partial charge in [-0.1, -0.05) is 19.3 Å². The molecule has 0 bridgehead atoms. The van der Waals surface area contributed by atoms with Crippen LogP contribution in [0.25, 0.3) is 0 Å². The Bertz CT molecular complexity index is 259. The van der Waals surface area contributed by atoms with Crippen LogP contribution in [-0.2, 0) is 0 Å². The number of nitrogens with two attached hydrogens (primary N) is 1. The minimum atomic E-state index is -0.162. The summed E-state index contributed by atoms with van der Waals surface area (Å²) >= 11 is 0. The van der Waals surface area contributed by atoms with Crippen LogP contribution >= 0.6 is 0 Å². The largest absolute Gasteiger partial charge is 0.392 e. The standard InChI is InChI=1S/C14H29N3O/c1-16(2)9-11-8-12(18)10-17(11)14-7-5-3-4-6-13(14)15/h11-14,18H,3-10,15H2,1-2H3. The predicted molar refractivity (Wildman–Crippen MR) is 74.5 cm³/mol. The molecule has 4 unspecified atom stereocenters. The van der Waals surface area contributed by atoms with Gasteiger partial charge >= 0.3 is 0 Å². The van der Waals surface area contributed by atoms with Crippen molar-refractivity contribution in [2.45, 2.75) is 62.8 Å². The molecule has 1 saturated carbocycles. The third kappa shape index (κ3) is 3.44. The second-order valence-electron chi connectivity index (χ2n) is 6.37. The minimum absolute atomic E-state index is 0.162. The molecule has 0 aromatic heterocycles. The van der Waals surface area contributed by atoms with Crippen LogP contribution in [0.2, 0.25) is 0 Å². The minimum Gasteiger partial charge on any atom is -0.392 e. The van der Waals surface area contributed by atoms with Gasteiger partial charge in [0.1, 0.15) is 0 Å². The van der Waals surface area contributed by atoms with E-state index in [2.05, 4.69) is 23.9 Å². The lowest BCUT2D eigenvalue weighted by molar-refractivity contribution is 0.115. The van der Waals surface area contributed by atoms with Crippen molar-refractivity contribution in [1.82, 2.24) is 9.80 Å². The normalized spacial score (nSPS) is 39.2. The van der Waals surface area contributed by atoms with E-state index in [1.54, 1.807) is 0 Å². The number of rotatable bonds is 3. The molecule has 0 aromatic rings. The van der Waals surface area contributed by atoms with Crippen molar-refractivity contribution in [1.29, 1.82) is 0 Å². The van der Waals surface area contributed by atoms with E-state index in [0.29, 0.717) is 18.1 Å². The van der Waals surface area contributed by atoms with Gasteiger partial charge < -0.3 is 15.7 Å². The summed E-state index contributed by atoms with van der Waals surface area (Å²) in [6.07, 6.45) is 6.97. The fraction of sp³-hybridized carbons (Fsp3) is 1.00. The first-order valence-electron chi connectivity index (χ1n) is 7.42. The van der Waals surface area contributed by atoms with Gasteiger partial charge in [-0.25, -0.2) is 0 Å². The van der Waals surface area contributed by atoms with Gasteiger partial charge in [0, 0.05) is 31.2 Å². The molecule has 0 spiro atoms. The van der Waals surface area contributed by atoms with E-state index in [9.17, 15) is 5.11 Å². The van der Waals surface area contributed by atoms with E-state index in [0.717, 1.165) is 25.9 Å². The lowest BCUT2D eigenvalue weighted by Crippen LogP contribution is -2.51. The molecule has 1 heterocycles. The highest BCUT2D eigenvalue weighted by atomic mass is 16.3. The summed E-state index contributed by atoms with van der Waals surface area (Å²) in [7, 11) is 4.21. The van der Waals surface area contributed by atoms with Crippen molar-refractivity contribution in [3.05, 3.63) is 0 Å². The summed E-state index contributed by atoms with van der Waals surface area (Å²) in [6, 6.07) is 1.25. The third-order valence-electron chi connectivity index (χ3n) is 4.47. The first-order valence-corrected chi connectivity index (χ1v) is 7.42. The second kappa shape index (κ2) is 6.33. The Morgan fingerprint density at radius 2 is 1.94 bits per heavy atom. The van der Waals surface area contributed by atoms with Gasteiger partial charge in [0.25, 0.3) is 0 Å². The second-order valence-corrected chi connectivity index (χ2v) is 6.37. The fourth-order valence-corrected chi connectivity index (χ4v) is 3.65. The van der Waals surface area contributed by atoms with E-state index in [4.69, 9.17) is 5.73 Å². The number of β-amino-alcohol motifs (C(OH)–C–C–N with tert-alkyl or cyclic N) is 1. The zero-order valence-electron chi connectivity index (χ0n) is 11.9. The zero-order valence-corrected chi connectivity index (χ0v) is 11.9. The number of nitrogens with zero attached hydrogens (tertiary/aromatic N) is 2. The predicted octanol–water partition coefficient (Wildman–Crippen LogP) is 0.643. The Balaban J connectivity index is 2.03. The van der Waals surface area contributed by atoms with Crippen molar-refractivity contribution < 1.29 is 5.11 Å². The average Bonchev–Trinajstić information content (AvgIpc) is 2.50. The highest BCUT2D eigenvalue weighted by molar-refractivity contribution is 4.95. The van der Waals surface area contributed by atoms with Gasteiger partial charge in [-0.15, -0.1) is 0 Å². The summed E-state index contributed by atoms with van der Waals surface area (Å²) in [5.74, 6) is 0. The highest BCUT2D eigenvalue weighted by Gasteiger charge is 2.38. The summed E-state index contributed by atoms with van der Waals surface area (Å²) in [5, 5.41) is 9.97. The van der Waals surface area contributed by atoms with Crippen molar-refractivity contribution in [2.75, 3.05) is 27.2 Å². The van der Waals surface area contributed by atoms with E-state index >= 15 is 0 Å². The molecule has 2 aliphatic rings. The van der Waals surface area contributed by atoms with Crippen LogP contribution in [0.1, 0.15) is 38.5 Å². The van der Waals surface area contributed by atoms with Crippen LogP contribution in [0.15, 0.2) is 0 Å². The maximum atomic E-state index is 9.97. The van der Waals surface area contributed by atoms with Crippen molar-refractivity contribution >= 4 is 0 Å². The Morgan fingerprint density at radius 3 is 2.67 bits per heavy atom. The van der Waals surface area contributed by atoms with E-state index in [1.807, 2.05) is 0 Å². The van der Waals surface area contributed by atoms with Gasteiger partial charge in [0.05, 0.1) is 6.10 Å². The summed E-state index contributed by atoms with van der Waals surface area (Å²) in [4.78, 5) is 4.72. The molecule has 4 nitrogen and oxygen atoms in total. The monoisotopic (exact) mass is 255 g/mol. The number of aliphatic hydroxyl groups is 1. The number of hydrogen-bond donors (Lipinski definition) is 2. The molecule has 4 atom stereocenters. The lowest BCUT2D eigenvalue weighted by atomic mass is 10.0. The van der Waals surface area contributed by atoms with E-state index in [-0.39, 0.29) is 6.10 Å². The van der Waals surface area contributed by atoms with Gasteiger partial charge in [0.15, 0.2) is 0 Å².